The standard InChI is InChI=1S/C17H21F5O5/c1-2-24-9-26-16(17(20,21)22)15(18,19)7-12(27-16)8-25-14(23)13-6-10-3-4-11(13)5-10/h3-4,10-13H,2,5-9H2,1H3. The van der Waals surface area contributed by atoms with Gasteiger partial charge in [-0.05, 0) is 31.6 Å². The third kappa shape index (κ3) is 3.71. The van der Waals surface area contributed by atoms with Gasteiger partial charge in [-0.2, -0.15) is 13.2 Å². The number of fused-ring (bicyclic) bond motifs is 2. The van der Waals surface area contributed by atoms with Crippen LogP contribution in [0.1, 0.15) is 26.2 Å². The van der Waals surface area contributed by atoms with E-state index < -0.39 is 49.8 Å². The number of halogens is 5. The van der Waals surface area contributed by atoms with Crippen LogP contribution in [0.25, 0.3) is 0 Å². The molecule has 2 fully saturated rings. The van der Waals surface area contributed by atoms with Gasteiger partial charge in [0.05, 0.1) is 5.92 Å². The highest BCUT2D eigenvalue weighted by Crippen LogP contribution is 2.53. The molecule has 27 heavy (non-hydrogen) atoms. The number of allylic oxidation sites excluding steroid dienone is 2. The summed E-state index contributed by atoms with van der Waals surface area (Å²) in [6.07, 6.45) is -3.05. The van der Waals surface area contributed by atoms with E-state index in [-0.39, 0.29) is 18.4 Å². The Morgan fingerprint density at radius 1 is 1.26 bits per heavy atom. The van der Waals surface area contributed by atoms with Crippen molar-refractivity contribution in [1.82, 2.24) is 0 Å². The largest absolute Gasteiger partial charge is 0.463 e. The van der Waals surface area contributed by atoms with Gasteiger partial charge in [0.25, 0.3) is 0 Å². The number of rotatable bonds is 7. The molecule has 0 aromatic carbocycles. The first-order chi connectivity index (χ1) is 12.6. The van der Waals surface area contributed by atoms with E-state index in [0.717, 1.165) is 6.42 Å². The van der Waals surface area contributed by atoms with Crippen LogP contribution in [-0.4, -0.2) is 50.0 Å². The van der Waals surface area contributed by atoms with Crippen molar-refractivity contribution in [3.63, 3.8) is 0 Å². The van der Waals surface area contributed by atoms with Crippen LogP contribution >= 0.6 is 0 Å². The number of esters is 1. The lowest BCUT2D eigenvalue weighted by Gasteiger charge is -2.34. The fraction of sp³-hybridized carbons (Fsp3) is 0.824. The lowest BCUT2D eigenvalue weighted by atomic mass is 9.94. The monoisotopic (exact) mass is 400 g/mol. The second-order valence-corrected chi connectivity index (χ2v) is 7.03. The Balaban J connectivity index is 1.62. The molecule has 1 saturated heterocycles. The summed E-state index contributed by atoms with van der Waals surface area (Å²) in [4.78, 5) is 12.1. The van der Waals surface area contributed by atoms with E-state index in [9.17, 15) is 26.7 Å². The molecule has 0 N–H and O–H groups in total. The molecule has 10 heteroatoms. The smallest absolute Gasteiger partial charge is 0.450 e. The first-order valence-electron chi connectivity index (χ1n) is 8.78. The van der Waals surface area contributed by atoms with E-state index in [1.54, 1.807) is 0 Å². The minimum atomic E-state index is -5.50. The first-order valence-corrected chi connectivity index (χ1v) is 8.78. The highest BCUT2D eigenvalue weighted by atomic mass is 19.4. The zero-order chi connectivity index (χ0) is 19.9. The van der Waals surface area contributed by atoms with Gasteiger partial charge in [0, 0.05) is 13.0 Å². The maximum atomic E-state index is 14.2. The van der Waals surface area contributed by atoms with Gasteiger partial charge in [0.2, 0.25) is 0 Å². The highest BCUT2D eigenvalue weighted by molar-refractivity contribution is 5.74. The fourth-order valence-corrected chi connectivity index (χ4v) is 3.91. The lowest BCUT2D eigenvalue weighted by molar-refractivity contribution is -0.432. The van der Waals surface area contributed by atoms with Crippen molar-refractivity contribution in [1.29, 1.82) is 0 Å². The first kappa shape index (κ1) is 20.5. The second kappa shape index (κ2) is 7.29. The average molecular weight is 400 g/mol. The fourth-order valence-electron chi connectivity index (χ4n) is 3.91. The van der Waals surface area contributed by atoms with Gasteiger partial charge in [-0.25, -0.2) is 8.78 Å². The van der Waals surface area contributed by atoms with E-state index in [1.165, 1.54) is 6.92 Å². The molecule has 5 atom stereocenters. The summed E-state index contributed by atoms with van der Waals surface area (Å²) in [6.45, 7) is -0.236. The van der Waals surface area contributed by atoms with E-state index >= 15 is 0 Å². The number of carbonyl (C=O) groups is 1. The number of hydrogen-bond acceptors (Lipinski definition) is 5. The molecule has 3 rings (SSSR count). The molecule has 0 aromatic rings. The number of carbonyl (C=O) groups excluding carboxylic acids is 1. The highest BCUT2D eigenvalue weighted by Gasteiger charge is 2.77. The lowest BCUT2D eigenvalue weighted by Crippen LogP contribution is -2.58. The molecule has 0 radical (unpaired) electrons. The van der Waals surface area contributed by atoms with Gasteiger partial charge in [-0.3, -0.25) is 4.79 Å². The molecule has 1 saturated carbocycles. The van der Waals surface area contributed by atoms with Crippen molar-refractivity contribution in [3.05, 3.63) is 12.2 Å². The summed E-state index contributed by atoms with van der Waals surface area (Å²) in [6, 6.07) is 0. The van der Waals surface area contributed by atoms with Crippen molar-refractivity contribution in [2.75, 3.05) is 20.0 Å². The van der Waals surface area contributed by atoms with Crippen molar-refractivity contribution >= 4 is 5.97 Å². The van der Waals surface area contributed by atoms with Crippen LogP contribution in [0.3, 0.4) is 0 Å². The molecular weight excluding hydrogens is 379 g/mol. The summed E-state index contributed by atoms with van der Waals surface area (Å²) in [5.74, 6) is -9.13. The van der Waals surface area contributed by atoms with E-state index in [0.29, 0.717) is 12.3 Å². The summed E-state index contributed by atoms with van der Waals surface area (Å²) >= 11 is 0. The molecule has 154 valence electrons. The van der Waals surface area contributed by atoms with Crippen LogP contribution in [0.4, 0.5) is 22.0 Å². The summed E-state index contributed by atoms with van der Waals surface area (Å²) in [5, 5.41) is 0. The topological polar surface area (TPSA) is 54.0 Å². The molecule has 5 unspecified atom stereocenters. The van der Waals surface area contributed by atoms with Crippen molar-refractivity contribution in [2.24, 2.45) is 17.8 Å². The van der Waals surface area contributed by atoms with Crippen LogP contribution in [0.2, 0.25) is 0 Å². The number of alkyl halides is 5. The molecular formula is C17H21F5O5. The molecule has 0 spiro atoms. The normalized spacial score (nSPS) is 37.1. The third-order valence-electron chi connectivity index (χ3n) is 5.21. The Kier molecular flexibility index (Phi) is 5.53. The summed E-state index contributed by atoms with van der Waals surface area (Å²) < 4.78 is 87.0. The summed E-state index contributed by atoms with van der Waals surface area (Å²) in [7, 11) is 0. The van der Waals surface area contributed by atoms with Crippen LogP contribution in [-0.2, 0) is 23.7 Å². The van der Waals surface area contributed by atoms with E-state index in [1.807, 2.05) is 12.2 Å². The maximum Gasteiger partial charge on any atom is 0.450 e. The van der Waals surface area contributed by atoms with E-state index in [4.69, 9.17) is 4.74 Å². The van der Waals surface area contributed by atoms with Gasteiger partial charge in [0.1, 0.15) is 12.7 Å². The van der Waals surface area contributed by atoms with Gasteiger partial charge in [0.15, 0.2) is 6.79 Å². The van der Waals surface area contributed by atoms with E-state index in [2.05, 4.69) is 14.2 Å². The Labute approximate surface area is 152 Å². The molecule has 5 nitrogen and oxygen atoms in total. The number of hydrogen-bond donors (Lipinski definition) is 0. The van der Waals surface area contributed by atoms with Gasteiger partial charge in [-0.1, -0.05) is 12.2 Å². The zero-order valence-electron chi connectivity index (χ0n) is 14.6. The Morgan fingerprint density at radius 2 is 2.00 bits per heavy atom. The molecule has 2 aliphatic carbocycles. The molecule has 1 aliphatic heterocycles. The van der Waals surface area contributed by atoms with Crippen LogP contribution < -0.4 is 0 Å². The quantitative estimate of drug-likeness (QED) is 0.216. The average Bonchev–Trinajstić information content (AvgIpc) is 3.25. The van der Waals surface area contributed by atoms with Crippen LogP contribution in [0.5, 0.6) is 0 Å². The Hall–Kier alpha value is -1.26. The summed E-state index contributed by atoms with van der Waals surface area (Å²) in [5.41, 5.74) is 0. The van der Waals surface area contributed by atoms with Crippen molar-refractivity contribution < 1.29 is 45.7 Å². The Morgan fingerprint density at radius 3 is 2.56 bits per heavy atom. The number of ether oxygens (including phenoxy) is 4. The molecule has 3 aliphatic rings. The van der Waals surface area contributed by atoms with Crippen molar-refractivity contribution in [3.8, 4) is 0 Å². The predicted molar refractivity (Wildman–Crippen MR) is 80.6 cm³/mol. The zero-order valence-corrected chi connectivity index (χ0v) is 14.6. The minimum Gasteiger partial charge on any atom is -0.463 e. The predicted octanol–water partition coefficient (Wildman–Crippen LogP) is 3.44. The minimum absolute atomic E-state index is 0.0153. The van der Waals surface area contributed by atoms with Gasteiger partial charge in [-0.15, -0.1) is 0 Å². The Bertz CT molecular complexity index is 593. The van der Waals surface area contributed by atoms with Crippen molar-refractivity contribution in [2.45, 2.75) is 50.2 Å². The van der Waals surface area contributed by atoms with Crippen LogP contribution in [0.15, 0.2) is 12.2 Å². The maximum absolute atomic E-state index is 14.2. The molecule has 0 amide bonds. The molecule has 0 aromatic heterocycles. The second-order valence-electron chi connectivity index (χ2n) is 7.03. The van der Waals surface area contributed by atoms with Gasteiger partial charge >= 0.3 is 23.9 Å². The van der Waals surface area contributed by atoms with Crippen LogP contribution in [0, 0.1) is 17.8 Å². The van der Waals surface area contributed by atoms with Gasteiger partial charge < -0.3 is 18.9 Å². The molecule has 2 bridgehead atoms. The third-order valence-corrected chi connectivity index (χ3v) is 5.21. The SMILES string of the molecule is CCOCOC1(C(F)(F)F)OC(COC(=O)C2CC3C=CC2C3)CC1(F)F. The molecule has 1 heterocycles.